The second-order valence-electron chi connectivity index (χ2n) is 9.38. The van der Waals surface area contributed by atoms with Crippen molar-refractivity contribution in [2.75, 3.05) is 47.6 Å². The largest absolute Gasteiger partial charge is 0.341 e. The van der Waals surface area contributed by atoms with Gasteiger partial charge in [0, 0.05) is 56.9 Å². The number of carbonyl (C=O) groups excluding carboxylic acids is 1. The number of carbonyl (C=O) groups is 1. The van der Waals surface area contributed by atoms with E-state index in [2.05, 4.69) is 39.4 Å². The number of urea groups is 1. The van der Waals surface area contributed by atoms with Gasteiger partial charge in [-0.05, 0) is 32.3 Å². The third kappa shape index (κ3) is 4.66. The van der Waals surface area contributed by atoms with Crippen molar-refractivity contribution in [3.05, 3.63) is 24.5 Å². The van der Waals surface area contributed by atoms with Crippen LogP contribution in [-0.2, 0) is 9.84 Å². The summed E-state index contributed by atoms with van der Waals surface area (Å²) in [5.41, 5.74) is 0.883. The molecule has 3 aromatic rings. The van der Waals surface area contributed by atoms with E-state index < -0.39 is 9.84 Å². The molecule has 2 aliphatic rings. The SMILES string of the molecule is CCC(C)n1nc(N2CCNC2=O)c2cnc(Nc3ccnc(N4CCC(S(C)(=O)=O)CC4)n3)cc21. The molecule has 36 heavy (non-hydrogen) atoms. The monoisotopic (exact) mass is 513 g/mol. The van der Waals surface area contributed by atoms with Crippen molar-refractivity contribution >= 4 is 50.2 Å². The number of fused-ring (bicyclic) bond motifs is 1. The first-order valence-corrected chi connectivity index (χ1v) is 14.2. The molecule has 12 nitrogen and oxygen atoms in total. The van der Waals surface area contributed by atoms with Gasteiger partial charge in [-0.3, -0.25) is 9.58 Å². The number of nitrogens with one attached hydrogen (secondary N) is 2. The molecule has 13 heteroatoms. The zero-order valence-electron chi connectivity index (χ0n) is 20.7. The van der Waals surface area contributed by atoms with Gasteiger partial charge in [-0.2, -0.15) is 10.1 Å². The second-order valence-corrected chi connectivity index (χ2v) is 11.7. The molecule has 0 saturated carbocycles. The fourth-order valence-electron chi connectivity index (χ4n) is 4.65. The maximum Gasteiger partial charge on any atom is 0.323 e. The molecule has 2 aliphatic heterocycles. The van der Waals surface area contributed by atoms with Crippen LogP contribution in [-0.4, -0.2) is 76.9 Å². The summed E-state index contributed by atoms with van der Waals surface area (Å²) in [5, 5.41) is 11.4. The first-order valence-electron chi connectivity index (χ1n) is 12.2. The Morgan fingerprint density at radius 1 is 1.19 bits per heavy atom. The zero-order chi connectivity index (χ0) is 25.4. The molecule has 2 N–H and O–H groups in total. The standard InChI is InChI=1S/C23H31N9O3S/c1-4-15(2)32-18-13-20(26-14-17(18)21(29-32)31-12-9-25-23(31)33)27-19-5-8-24-22(28-19)30-10-6-16(7-11-30)36(3,34)35/h5,8,13-16H,4,6-7,9-12H2,1-3H3,(H,25,33)(H,24,26,27,28). The van der Waals surface area contributed by atoms with Crippen LogP contribution in [0.1, 0.15) is 39.2 Å². The number of hydrogen-bond donors (Lipinski definition) is 2. The number of hydrogen-bond acceptors (Lipinski definition) is 9. The van der Waals surface area contributed by atoms with E-state index in [-0.39, 0.29) is 17.3 Å². The van der Waals surface area contributed by atoms with Crippen molar-refractivity contribution in [2.24, 2.45) is 0 Å². The predicted octanol–water partition coefficient (Wildman–Crippen LogP) is 2.48. The Bertz CT molecular complexity index is 1380. The quantitative estimate of drug-likeness (QED) is 0.488. The number of anilines is 4. The van der Waals surface area contributed by atoms with E-state index in [1.54, 1.807) is 23.4 Å². The van der Waals surface area contributed by atoms with Gasteiger partial charge in [0.05, 0.1) is 16.2 Å². The van der Waals surface area contributed by atoms with E-state index in [1.807, 2.05) is 15.6 Å². The van der Waals surface area contributed by atoms with E-state index >= 15 is 0 Å². The van der Waals surface area contributed by atoms with Gasteiger partial charge in [0.25, 0.3) is 0 Å². The second kappa shape index (κ2) is 9.52. The average molecular weight is 514 g/mol. The lowest BCUT2D eigenvalue weighted by Crippen LogP contribution is -2.39. The fraction of sp³-hybridized carbons (Fsp3) is 0.522. The summed E-state index contributed by atoms with van der Waals surface area (Å²) in [7, 11) is -3.04. The molecule has 1 unspecified atom stereocenters. The molecule has 2 saturated heterocycles. The van der Waals surface area contributed by atoms with Gasteiger partial charge in [-0.1, -0.05) is 6.92 Å². The van der Waals surface area contributed by atoms with Crippen LogP contribution >= 0.6 is 0 Å². The fourth-order valence-corrected chi connectivity index (χ4v) is 5.72. The van der Waals surface area contributed by atoms with Gasteiger partial charge in [0.1, 0.15) is 21.5 Å². The summed E-state index contributed by atoms with van der Waals surface area (Å²) in [6, 6.07) is 3.68. The van der Waals surface area contributed by atoms with E-state index in [4.69, 9.17) is 5.10 Å². The molecule has 2 fully saturated rings. The number of nitrogens with zero attached hydrogens (tertiary/aromatic N) is 7. The number of sulfone groups is 1. The van der Waals surface area contributed by atoms with Crippen molar-refractivity contribution in [1.82, 2.24) is 30.0 Å². The van der Waals surface area contributed by atoms with Gasteiger partial charge < -0.3 is 15.5 Å². The van der Waals surface area contributed by atoms with E-state index in [9.17, 15) is 13.2 Å². The Hall–Kier alpha value is -3.48. The van der Waals surface area contributed by atoms with Crippen molar-refractivity contribution in [3.63, 3.8) is 0 Å². The highest BCUT2D eigenvalue weighted by Gasteiger charge is 2.29. The summed E-state index contributed by atoms with van der Waals surface area (Å²) >= 11 is 0. The Morgan fingerprint density at radius 3 is 2.64 bits per heavy atom. The molecular weight excluding hydrogens is 482 g/mol. The number of pyridine rings is 1. The molecule has 0 radical (unpaired) electrons. The summed E-state index contributed by atoms with van der Waals surface area (Å²) in [4.78, 5) is 29.6. The average Bonchev–Trinajstić information content (AvgIpc) is 3.46. The first-order chi connectivity index (χ1) is 17.2. The Kier molecular flexibility index (Phi) is 6.41. The minimum absolute atomic E-state index is 0.141. The topological polar surface area (TPSA) is 138 Å². The maximum atomic E-state index is 12.3. The van der Waals surface area contributed by atoms with Crippen LogP contribution in [0, 0.1) is 0 Å². The maximum absolute atomic E-state index is 12.3. The minimum Gasteiger partial charge on any atom is -0.341 e. The van der Waals surface area contributed by atoms with Crippen LogP contribution in [0.2, 0.25) is 0 Å². The summed E-state index contributed by atoms with van der Waals surface area (Å²) < 4.78 is 25.7. The van der Waals surface area contributed by atoms with Crippen molar-refractivity contribution < 1.29 is 13.2 Å². The smallest absolute Gasteiger partial charge is 0.323 e. The van der Waals surface area contributed by atoms with Crippen LogP contribution in [0.15, 0.2) is 24.5 Å². The lowest BCUT2D eigenvalue weighted by Gasteiger charge is -2.31. The number of rotatable bonds is 7. The van der Waals surface area contributed by atoms with E-state index in [0.717, 1.165) is 17.3 Å². The lowest BCUT2D eigenvalue weighted by atomic mass is 10.1. The normalized spacial score (nSPS) is 18.0. The molecule has 2 amide bonds. The van der Waals surface area contributed by atoms with Crippen molar-refractivity contribution in [1.29, 1.82) is 0 Å². The molecule has 0 aromatic carbocycles. The zero-order valence-corrected chi connectivity index (χ0v) is 21.5. The Labute approximate surface area is 210 Å². The van der Waals surface area contributed by atoms with Crippen LogP contribution in [0.3, 0.4) is 0 Å². The molecule has 1 atom stereocenters. The Morgan fingerprint density at radius 2 is 1.97 bits per heavy atom. The van der Waals surface area contributed by atoms with Crippen molar-refractivity contribution in [3.8, 4) is 0 Å². The van der Waals surface area contributed by atoms with Gasteiger partial charge in [0.15, 0.2) is 5.82 Å². The molecular formula is C23H31N9O3S. The van der Waals surface area contributed by atoms with Crippen molar-refractivity contribution in [2.45, 2.75) is 44.4 Å². The number of aromatic nitrogens is 5. The summed E-state index contributed by atoms with van der Waals surface area (Å²) in [6.07, 6.45) is 6.74. The number of amides is 2. The molecule has 0 bridgehead atoms. The minimum atomic E-state index is -3.04. The van der Waals surface area contributed by atoms with Crippen LogP contribution < -0.4 is 20.4 Å². The van der Waals surface area contributed by atoms with Gasteiger partial charge in [-0.25, -0.2) is 23.2 Å². The van der Waals surface area contributed by atoms with E-state index in [0.29, 0.717) is 62.4 Å². The highest BCUT2D eigenvalue weighted by molar-refractivity contribution is 7.91. The third-order valence-electron chi connectivity index (χ3n) is 6.92. The Balaban J connectivity index is 1.40. The lowest BCUT2D eigenvalue weighted by molar-refractivity contribution is 0.252. The number of piperidine rings is 1. The highest BCUT2D eigenvalue weighted by atomic mass is 32.2. The molecule has 0 aliphatic carbocycles. The molecule has 5 rings (SSSR count). The molecule has 192 valence electrons. The highest BCUT2D eigenvalue weighted by Crippen LogP contribution is 2.31. The molecule has 0 spiro atoms. The third-order valence-corrected chi connectivity index (χ3v) is 8.60. The van der Waals surface area contributed by atoms with Gasteiger partial charge >= 0.3 is 6.03 Å². The summed E-state index contributed by atoms with van der Waals surface area (Å²) in [5.74, 6) is 2.36. The first kappa shape index (κ1) is 24.2. The molecule has 5 heterocycles. The van der Waals surface area contributed by atoms with Gasteiger partial charge in [0.2, 0.25) is 5.95 Å². The molecule has 3 aromatic heterocycles. The van der Waals surface area contributed by atoms with E-state index in [1.165, 1.54) is 6.26 Å². The van der Waals surface area contributed by atoms with Crippen LogP contribution in [0.25, 0.3) is 10.9 Å². The summed E-state index contributed by atoms with van der Waals surface area (Å²) in [6.45, 7) is 6.53. The van der Waals surface area contributed by atoms with Crippen LogP contribution in [0.5, 0.6) is 0 Å². The predicted molar refractivity (Wildman–Crippen MR) is 139 cm³/mol. The van der Waals surface area contributed by atoms with Crippen LogP contribution in [0.4, 0.5) is 28.2 Å². The van der Waals surface area contributed by atoms with Gasteiger partial charge in [-0.15, -0.1) is 0 Å².